The van der Waals surface area contributed by atoms with E-state index in [1.165, 1.54) is 0 Å². The Morgan fingerprint density at radius 3 is 1.59 bits per heavy atom. The molecule has 0 N–H and O–H groups in total. The fraction of sp³-hybridized carbons (Fsp3) is 0.0769. The van der Waals surface area contributed by atoms with Crippen LogP contribution < -0.4 is 9.47 Å². The maximum absolute atomic E-state index is 6.20. The summed E-state index contributed by atoms with van der Waals surface area (Å²) in [5, 5.41) is 4.75. The second-order valence-corrected chi connectivity index (χ2v) is 8.08. The van der Waals surface area contributed by atoms with Crippen molar-refractivity contribution in [1.29, 1.82) is 0 Å². The summed E-state index contributed by atoms with van der Waals surface area (Å²) in [4.78, 5) is 8.26. The largest absolute Gasteiger partial charge is 0.489 e. The Labute approximate surface area is 195 Å². The molecule has 32 heavy (non-hydrogen) atoms. The Hall–Kier alpha value is -3.34. The van der Waals surface area contributed by atoms with Gasteiger partial charge in [-0.3, -0.25) is 0 Å². The fourth-order valence-corrected chi connectivity index (χ4v) is 3.99. The normalized spacial score (nSPS) is 11.1. The monoisotopic (exact) mass is 460 g/mol. The molecule has 158 valence electrons. The van der Waals surface area contributed by atoms with Gasteiger partial charge in [-0.15, -0.1) is 0 Å². The Morgan fingerprint density at radius 2 is 1.09 bits per heavy atom. The first-order valence-electron chi connectivity index (χ1n) is 10.1. The lowest BCUT2D eigenvalue weighted by molar-refractivity contribution is 0.300. The zero-order chi connectivity index (χ0) is 21.9. The number of hydrogen-bond acceptors (Lipinski definition) is 4. The first-order valence-corrected chi connectivity index (χ1v) is 10.8. The molecule has 3 aromatic carbocycles. The molecule has 5 aromatic rings. The second kappa shape index (κ2) is 9.03. The van der Waals surface area contributed by atoms with Crippen LogP contribution in [0.1, 0.15) is 11.1 Å². The molecule has 0 amide bonds. The van der Waals surface area contributed by atoms with Crippen LogP contribution in [-0.2, 0) is 13.2 Å². The van der Waals surface area contributed by atoms with Crippen molar-refractivity contribution in [2.75, 3.05) is 0 Å². The lowest BCUT2D eigenvalue weighted by atomic mass is 10.1. The van der Waals surface area contributed by atoms with Crippen LogP contribution in [0.15, 0.2) is 85.2 Å². The summed E-state index contributed by atoms with van der Waals surface area (Å²) in [6.07, 6.45) is 3.39. The molecule has 0 aliphatic rings. The van der Waals surface area contributed by atoms with Crippen molar-refractivity contribution >= 4 is 44.7 Å². The number of ether oxygens (including phenoxy) is 2. The molecule has 0 radical (unpaired) electrons. The van der Waals surface area contributed by atoms with Gasteiger partial charge in [0.15, 0.2) is 0 Å². The number of pyridine rings is 2. The zero-order valence-electron chi connectivity index (χ0n) is 17.0. The van der Waals surface area contributed by atoms with Gasteiger partial charge in [-0.25, -0.2) is 9.97 Å². The van der Waals surface area contributed by atoms with Crippen LogP contribution in [-0.4, -0.2) is 9.97 Å². The predicted molar refractivity (Wildman–Crippen MR) is 129 cm³/mol. The number of rotatable bonds is 6. The molecule has 0 atom stereocenters. The van der Waals surface area contributed by atoms with E-state index in [4.69, 9.17) is 32.7 Å². The lowest BCUT2D eigenvalue weighted by Gasteiger charge is -2.11. The summed E-state index contributed by atoms with van der Waals surface area (Å²) in [6, 6.07) is 23.6. The first kappa shape index (κ1) is 20.6. The molecular formula is C26H18Cl2N2O2. The minimum atomic E-state index is 0.439. The standard InChI is InChI=1S/C26H18Cl2N2O2/c27-25-23-13-21(6-4-19(23)8-10-29-25)31-15-17-2-1-3-18(12-17)16-32-22-7-5-20-9-11-30-26(28)24(20)14-22/h1-14H,15-16H2. The average molecular weight is 461 g/mol. The molecule has 5 rings (SSSR count). The van der Waals surface area contributed by atoms with Crippen molar-refractivity contribution in [3.05, 3.63) is 107 Å². The zero-order valence-corrected chi connectivity index (χ0v) is 18.5. The molecule has 0 spiro atoms. The van der Waals surface area contributed by atoms with Crippen molar-refractivity contribution in [2.45, 2.75) is 13.2 Å². The highest BCUT2D eigenvalue weighted by atomic mass is 35.5. The SMILES string of the molecule is Clc1nccc2ccc(OCc3cccc(COc4ccc5ccnc(Cl)c5c4)c3)cc12. The van der Waals surface area contributed by atoms with Gasteiger partial charge in [-0.2, -0.15) is 0 Å². The Morgan fingerprint density at radius 1 is 0.594 bits per heavy atom. The molecule has 6 heteroatoms. The van der Waals surface area contributed by atoms with E-state index < -0.39 is 0 Å². The lowest BCUT2D eigenvalue weighted by Crippen LogP contribution is -1.99. The van der Waals surface area contributed by atoms with Crippen LogP contribution in [0.4, 0.5) is 0 Å². The first-order chi connectivity index (χ1) is 15.7. The van der Waals surface area contributed by atoms with Gasteiger partial charge in [-0.05, 0) is 64.4 Å². The molecule has 0 unspecified atom stereocenters. The molecule has 0 aliphatic carbocycles. The topological polar surface area (TPSA) is 44.2 Å². The van der Waals surface area contributed by atoms with Gasteiger partial charge < -0.3 is 9.47 Å². The van der Waals surface area contributed by atoms with E-state index in [9.17, 15) is 0 Å². The van der Waals surface area contributed by atoms with Crippen LogP contribution in [0.25, 0.3) is 21.5 Å². The minimum Gasteiger partial charge on any atom is -0.489 e. The van der Waals surface area contributed by atoms with Crippen LogP contribution >= 0.6 is 23.2 Å². The predicted octanol–water partition coefficient (Wildman–Crippen LogP) is 7.25. The molecule has 0 saturated carbocycles. The summed E-state index contributed by atoms with van der Waals surface area (Å²) >= 11 is 12.4. The second-order valence-electron chi connectivity index (χ2n) is 7.37. The molecule has 0 saturated heterocycles. The van der Waals surface area contributed by atoms with Crippen molar-refractivity contribution in [3.8, 4) is 11.5 Å². The summed E-state index contributed by atoms with van der Waals surface area (Å²) in [6.45, 7) is 0.878. The Kier molecular flexibility index (Phi) is 5.80. The maximum Gasteiger partial charge on any atom is 0.136 e. The van der Waals surface area contributed by atoms with Crippen LogP contribution in [0.3, 0.4) is 0 Å². The van der Waals surface area contributed by atoms with Gasteiger partial charge in [0, 0.05) is 23.2 Å². The number of benzene rings is 3. The molecule has 2 aromatic heterocycles. The quantitative estimate of drug-likeness (QED) is 0.250. The van der Waals surface area contributed by atoms with Crippen LogP contribution in [0.5, 0.6) is 11.5 Å². The van der Waals surface area contributed by atoms with Gasteiger partial charge in [0.25, 0.3) is 0 Å². The van der Waals surface area contributed by atoms with Crippen molar-refractivity contribution in [1.82, 2.24) is 9.97 Å². The van der Waals surface area contributed by atoms with E-state index in [2.05, 4.69) is 16.0 Å². The van der Waals surface area contributed by atoms with Crippen LogP contribution in [0.2, 0.25) is 10.3 Å². The van der Waals surface area contributed by atoms with Gasteiger partial charge in [0.05, 0.1) is 0 Å². The number of hydrogen-bond donors (Lipinski definition) is 0. The highest BCUT2D eigenvalue weighted by Crippen LogP contribution is 2.27. The number of aromatic nitrogens is 2. The number of halogens is 2. The molecule has 0 bridgehead atoms. The van der Waals surface area contributed by atoms with E-state index in [-0.39, 0.29) is 0 Å². The number of nitrogens with zero attached hydrogens (tertiary/aromatic N) is 2. The number of fused-ring (bicyclic) bond motifs is 2. The van der Waals surface area contributed by atoms with Crippen LogP contribution in [0, 0.1) is 0 Å². The third-order valence-electron chi connectivity index (χ3n) is 5.18. The van der Waals surface area contributed by atoms with Crippen molar-refractivity contribution in [3.63, 3.8) is 0 Å². The van der Waals surface area contributed by atoms with E-state index >= 15 is 0 Å². The summed E-state index contributed by atoms with van der Waals surface area (Å²) in [5.74, 6) is 1.49. The van der Waals surface area contributed by atoms with E-state index in [1.807, 2.05) is 66.7 Å². The van der Waals surface area contributed by atoms with E-state index in [0.29, 0.717) is 23.5 Å². The molecule has 4 nitrogen and oxygen atoms in total. The molecule has 2 heterocycles. The maximum atomic E-state index is 6.20. The fourth-order valence-electron chi connectivity index (χ4n) is 3.55. The van der Waals surface area contributed by atoms with Gasteiger partial charge in [0.2, 0.25) is 0 Å². The minimum absolute atomic E-state index is 0.439. The summed E-state index contributed by atoms with van der Waals surface area (Å²) in [7, 11) is 0. The Balaban J connectivity index is 1.26. The molecule has 0 fully saturated rings. The van der Waals surface area contributed by atoms with Crippen molar-refractivity contribution < 1.29 is 9.47 Å². The summed E-state index contributed by atoms with van der Waals surface area (Å²) in [5.41, 5.74) is 2.10. The average Bonchev–Trinajstić information content (AvgIpc) is 2.82. The Bertz CT molecular complexity index is 1320. The smallest absolute Gasteiger partial charge is 0.136 e. The van der Waals surface area contributed by atoms with E-state index in [0.717, 1.165) is 44.2 Å². The van der Waals surface area contributed by atoms with Gasteiger partial charge >= 0.3 is 0 Å². The van der Waals surface area contributed by atoms with E-state index in [1.54, 1.807) is 12.4 Å². The van der Waals surface area contributed by atoms with Gasteiger partial charge in [0.1, 0.15) is 35.0 Å². The third-order valence-corrected chi connectivity index (χ3v) is 5.78. The van der Waals surface area contributed by atoms with Crippen molar-refractivity contribution in [2.24, 2.45) is 0 Å². The summed E-state index contributed by atoms with van der Waals surface area (Å²) < 4.78 is 12.0. The van der Waals surface area contributed by atoms with Gasteiger partial charge in [-0.1, -0.05) is 53.5 Å². The highest BCUT2D eigenvalue weighted by Gasteiger charge is 2.05. The molecular weight excluding hydrogens is 443 g/mol. The molecule has 0 aliphatic heterocycles. The highest BCUT2D eigenvalue weighted by molar-refractivity contribution is 6.34. The third kappa shape index (κ3) is 4.47.